The quantitative estimate of drug-likeness (QED) is 0.877. The minimum absolute atomic E-state index is 0.679. The molecule has 0 aliphatic heterocycles. The molecule has 4 heteroatoms. The lowest BCUT2D eigenvalue weighted by Crippen LogP contribution is -2.04. The largest absolute Gasteiger partial charge is 0.354 e. The molecule has 0 atom stereocenters. The van der Waals surface area contributed by atoms with E-state index in [9.17, 15) is 0 Å². The molecule has 4 nitrogen and oxygen atoms in total. The minimum atomic E-state index is 0.679. The maximum Gasteiger partial charge on any atom is 0.223 e. The molecule has 0 aromatic carbocycles. The summed E-state index contributed by atoms with van der Waals surface area (Å²) in [5.74, 6) is 0.679. The molecule has 0 saturated carbocycles. The molecular formula is C13H16N4. The number of aromatic nitrogens is 3. The van der Waals surface area contributed by atoms with E-state index in [-0.39, 0.29) is 0 Å². The van der Waals surface area contributed by atoms with Crippen molar-refractivity contribution in [1.29, 1.82) is 0 Å². The van der Waals surface area contributed by atoms with E-state index in [0.717, 1.165) is 29.1 Å². The van der Waals surface area contributed by atoms with Gasteiger partial charge in [0.25, 0.3) is 0 Å². The average Bonchev–Trinajstić information content (AvgIpc) is 2.29. The summed E-state index contributed by atoms with van der Waals surface area (Å²) in [6.45, 7) is 6.86. The van der Waals surface area contributed by atoms with Crippen LogP contribution in [0.15, 0.2) is 24.5 Å². The highest BCUT2D eigenvalue weighted by Crippen LogP contribution is 2.21. The van der Waals surface area contributed by atoms with E-state index in [1.54, 1.807) is 6.20 Å². The second-order valence-electron chi connectivity index (χ2n) is 3.94. The van der Waals surface area contributed by atoms with Crippen molar-refractivity contribution < 1.29 is 0 Å². The second kappa shape index (κ2) is 4.91. The van der Waals surface area contributed by atoms with Gasteiger partial charge in [-0.3, -0.25) is 4.98 Å². The third kappa shape index (κ3) is 2.58. The Labute approximate surface area is 101 Å². The molecule has 2 aromatic heterocycles. The van der Waals surface area contributed by atoms with Gasteiger partial charge in [-0.05, 0) is 38.5 Å². The van der Waals surface area contributed by atoms with Crippen molar-refractivity contribution in [1.82, 2.24) is 15.0 Å². The first-order valence-corrected chi connectivity index (χ1v) is 5.71. The number of rotatable bonds is 3. The highest BCUT2D eigenvalue weighted by Gasteiger charge is 2.06. The zero-order chi connectivity index (χ0) is 12.3. The van der Waals surface area contributed by atoms with Gasteiger partial charge in [0.05, 0.1) is 5.69 Å². The molecule has 17 heavy (non-hydrogen) atoms. The molecule has 0 radical (unpaired) electrons. The third-order valence-electron chi connectivity index (χ3n) is 2.49. The third-order valence-corrected chi connectivity index (χ3v) is 2.49. The molecule has 2 aromatic rings. The van der Waals surface area contributed by atoms with Gasteiger partial charge in [0, 0.05) is 30.2 Å². The van der Waals surface area contributed by atoms with Crippen molar-refractivity contribution >= 4 is 5.95 Å². The minimum Gasteiger partial charge on any atom is -0.354 e. The number of anilines is 1. The molecular weight excluding hydrogens is 212 g/mol. The van der Waals surface area contributed by atoms with Crippen molar-refractivity contribution in [2.45, 2.75) is 20.8 Å². The predicted octanol–water partition coefficient (Wildman–Crippen LogP) is 2.59. The van der Waals surface area contributed by atoms with Gasteiger partial charge in [-0.1, -0.05) is 0 Å². The molecule has 2 heterocycles. The molecule has 0 spiro atoms. The Hall–Kier alpha value is -1.97. The number of hydrogen-bond acceptors (Lipinski definition) is 4. The van der Waals surface area contributed by atoms with Crippen LogP contribution in [0.2, 0.25) is 0 Å². The SMILES string of the molecule is CCNc1nc(C)cc(-c2ccncc2C)n1. The van der Waals surface area contributed by atoms with Crippen LogP contribution in [0.5, 0.6) is 0 Å². The molecule has 2 rings (SSSR count). The van der Waals surface area contributed by atoms with E-state index < -0.39 is 0 Å². The van der Waals surface area contributed by atoms with E-state index in [1.807, 2.05) is 39.1 Å². The Morgan fingerprint density at radius 3 is 2.76 bits per heavy atom. The standard InChI is InChI=1S/C13H16N4/c1-4-15-13-16-10(3)7-12(17-13)11-5-6-14-8-9(11)2/h5-8H,4H2,1-3H3,(H,15,16,17). The van der Waals surface area contributed by atoms with E-state index in [4.69, 9.17) is 0 Å². The van der Waals surface area contributed by atoms with Crippen LogP contribution in [-0.2, 0) is 0 Å². The van der Waals surface area contributed by atoms with Gasteiger partial charge < -0.3 is 5.32 Å². The zero-order valence-corrected chi connectivity index (χ0v) is 10.4. The average molecular weight is 228 g/mol. The van der Waals surface area contributed by atoms with Crippen molar-refractivity contribution in [3.8, 4) is 11.3 Å². The lowest BCUT2D eigenvalue weighted by molar-refractivity contribution is 1.05. The molecule has 88 valence electrons. The highest BCUT2D eigenvalue weighted by molar-refractivity contribution is 5.63. The Bertz CT molecular complexity index is 523. The molecule has 0 saturated heterocycles. The molecule has 0 unspecified atom stereocenters. The normalized spacial score (nSPS) is 10.3. The van der Waals surface area contributed by atoms with Crippen LogP contribution in [0.3, 0.4) is 0 Å². The van der Waals surface area contributed by atoms with Crippen molar-refractivity contribution in [2.24, 2.45) is 0 Å². The summed E-state index contributed by atoms with van der Waals surface area (Å²) in [5.41, 5.74) is 4.12. The zero-order valence-electron chi connectivity index (χ0n) is 10.4. The summed E-state index contributed by atoms with van der Waals surface area (Å²) < 4.78 is 0. The van der Waals surface area contributed by atoms with Crippen LogP contribution < -0.4 is 5.32 Å². The monoisotopic (exact) mass is 228 g/mol. The van der Waals surface area contributed by atoms with Crippen LogP contribution in [0.1, 0.15) is 18.2 Å². The van der Waals surface area contributed by atoms with Crippen molar-refractivity contribution in [3.63, 3.8) is 0 Å². The predicted molar refractivity (Wildman–Crippen MR) is 68.9 cm³/mol. The van der Waals surface area contributed by atoms with Crippen LogP contribution in [0.4, 0.5) is 5.95 Å². The van der Waals surface area contributed by atoms with Crippen LogP contribution in [-0.4, -0.2) is 21.5 Å². The smallest absolute Gasteiger partial charge is 0.223 e. The Balaban J connectivity index is 2.48. The summed E-state index contributed by atoms with van der Waals surface area (Å²) >= 11 is 0. The topological polar surface area (TPSA) is 50.7 Å². The van der Waals surface area contributed by atoms with Gasteiger partial charge in [0.1, 0.15) is 0 Å². The van der Waals surface area contributed by atoms with Crippen LogP contribution in [0, 0.1) is 13.8 Å². The van der Waals surface area contributed by atoms with Crippen molar-refractivity contribution in [3.05, 3.63) is 35.8 Å². The van der Waals surface area contributed by atoms with Gasteiger partial charge in [-0.25, -0.2) is 9.97 Å². The number of nitrogens with one attached hydrogen (secondary N) is 1. The fourth-order valence-electron chi connectivity index (χ4n) is 1.70. The van der Waals surface area contributed by atoms with Gasteiger partial charge in [0.2, 0.25) is 5.95 Å². The highest BCUT2D eigenvalue weighted by atomic mass is 15.1. The molecule has 1 N–H and O–H groups in total. The lowest BCUT2D eigenvalue weighted by atomic mass is 10.1. The van der Waals surface area contributed by atoms with E-state index >= 15 is 0 Å². The van der Waals surface area contributed by atoms with E-state index in [2.05, 4.69) is 20.3 Å². The van der Waals surface area contributed by atoms with Crippen LogP contribution in [0.25, 0.3) is 11.3 Å². The number of hydrogen-bond donors (Lipinski definition) is 1. The number of aryl methyl sites for hydroxylation is 2. The molecule has 0 aliphatic carbocycles. The first kappa shape index (κ1) is 11.5. The maximum absolute atomic E-state index is 4.50. The number of nitrogens with zero attached hydrogens (tertiary/aromatic N) is 3. The van der Waals surface area contributed by atoms with Gasteiger partial charge in [0.15, 0.2) is 0 Å². The van der Waals surface area contributed by atoms with E-state index in [1.165, 1.54) is 0 Å². The summed E-state index contributed by atoms with van der Waals surface area (Å²) in [4.78, 5) is 12.9. The lowest BCUT2D eigenvalue weighted by Gasteiger charge is -2.08. The first-order chi connectivity index (χ1) is 8.20. The molecule has 0 aliphatic rings. The van der Waals surface area contributed by atoms with E-state index in [0.29, 0.717) is 5.95 Å². The second-order valence-corrected chi connectivity index (χ2v) is 3.94. The molecule has 0 fully saturated rings. The summed E-state index contributed by atoms with van der Waals surface area (Å²) in [6, 6.07) is 3.97. The molecule has 0 amide bonds. The fourth-order valence-corrected chi connectivity index (χ4v) is 1.70. The first-order valence-electron chi connectivity index (χ1n) is 5.71. The number of pyridine rings is 1. The Morgan fingerprint density at radius 2 is 2.06 bits per heavy atom. The Morgan fingerprint density at radius 1 is 1.24 bits per heavy atom. The van der Waals surface area contributed by atoms with Gasteiger partial charge >= 0.3 is 0 Å². The van der Waals surface area contributed by atoms with Crippen LogP contribution >= 0.6 is 0 Å². The molecule has 0 bridgehead atoms. The van der Waals surface area contributed by atoms with Crippen molar-refractivity contribution in [2.75, 3.05) is 11.9 Å². The maximum atomic E-state index is 4.50. The van der Waals surface area contributed by atoms with Gasteiger partial charge in [-0.15, -0.1) is 0 Å². The summed E-state index contributed by atoms with van der Waals surface area (Å²) in [5, 5.41) is 3.14. The fraction of sp³-hybridized carbons (Fsp3) is 0.308. The Kier molecular flexibility index (Phi) is 3.32. The summed E-state index contributed by atoms with van der Waals surface area (Å²) in [6.07, 6.45) is 3.63. The van der Waals surface area contributed by atoms with Gasteiger partial charge in [-0.2, -0.15) is 0 Å². The summed E-state index contributed by atoms with van der Waals surface area (Å²) in [7, 11) is 0.